The van der Waals surface area contributed by atoms with E-state index < -0.39 is 35.3 Å². The molecule has 2 heterocycles. The summed E-state index contributed by atoms with van der Waals surface area (Å²) in [6, 6.07) is 1.61. The Balaban J connectivity index is 2.56. The summed E-state index contributed by atoms with van der Waals surface area (Å²) in [5.74, 6) is -1.99. The number of hydrogen-bond acceptors (Lipinski definition) is 6. The van der Waals surface area contributed by atoms with E-state index in [2.05, 4.69) is 15.0 Å². The number of nitrogens with one attached hydrogen (secondary N) is 1. The highest BCUT2D eigenvalue weighted by Gasteiger charge is 2.22. The molecule has 0 radical (unpaired) electrons. The molecule has 2 aromatic rings. The molecule has 0 aliphatic heterocycles. The number of halogens is 1. The maximum atomic E-state index is 12.2. The summed E-state index contributed by atoms with van der Waals surface area (Å²) in [5, 5.41) is 12.7. The van der Waals surface area contributed by atoms with Crippen molar-refractivity contribution < 1.29 is 19.4 Å². The van der Waals surface area contributed by atoms with Crippen molar-refractivity contribution in [3.8, 4) is 5.75 Å². The van der Waals surface area contributed by atoms with Crippen LogP contribution in [0.3, 0.4) is 0 Å². The van der Waals surface area contributed by atoms with Crippen molar-refractivity contribution in [3.63, 3.8) is 0 Å². The zero-order valence-electron chi connectivity index (χ0n) is 11.7. The number of carbonyl (C=O) groups excluding carboxylic acids is 2. The Morgan fingerprint density at radius 3 is 2.82 bits per heavy atom. The van der Waals surface area contributed by atoms with Crippen LogP contribution in [0.5, 0.6) is 5.75 Å². The average molecular weight is 417 g/mol. The second kappa shape index (κ2) is 6.30. The summed E-state index contributed by atoms with van der Waals surface area (Å²) in [5.41, 5.74) is -0.892. The van der Waals surface area contributed by atoms with E-state index in [1.807, 2.05) is 22.6 Å². The normalized spacial score (nSPS) is 10.5. The van der Waals surface area contributed by atoms with Crippen LogP contribution in [-0.2, 0) is 16.6 Å². The number of ether oxygens (including phenoxy) is 1. The maximum Gasteiger partial charge on any atom is 0.325 e. The second-order valence-electron chi connectivity index (χ2n) is 4.37. The lowest BCUT2D eigenvalue weighted by Crippen LogP contribution is -2.35. The van der Waals surface area contributed by atoms with Crippen molar-refractivity contribution in [2.45, 2.75) is 0 Å². The standard InChI is InChI=1S/C13H12IN3O5/c1-17-11-7(3-6(14)4-15-11)10(19)9(13(17)21)12(20)16-5-8(18)22-2/h3-4,19H,5H2,1-2H3,(H,16,20). The fourth-order valence-corrected chi connectivity index (χ4v) is 2.34. The van der Waals surface area contributed by atoms with E-state index >= 15 is 0 Å². The molecule has 0 saturated carbocycles. The molecule has 0 unspecified atom stereocenters. The Labute approximate surface area is 138 Å². The monoisotopic (exact) mass is 417 g/mol. The van der Waals surface area contributed by atoms with Crippen LogP contribution in [0.1, 0.15) is 10.4 Å². The molecule has 116 valence electrons. The fourth-order valence-electron chi connectivity index (χ4n) is 1.89. The number of aromatic hydroxyl groups is 1. The van der Waals surface area contributed by atoms with Gasteiger partial charge in [0.05, 0.1) is 12.5 Å². The van der Waals surface area contributed by atoms with Crippen LogP contribution in [0.2, 0.25) is 0 Å². The minimum atomic E-state index is -0.857. The lowest BCUT2D eigenvalue weighted by atomic mass is 10.1. The minimum Gasteiger partial charge on any atom is -0.506 e. The van der Waals surface area contributed by atoms with Gasteiger partial charge in [-0.15, -0.1) is 0 Å². The molecule has 8 nitrogen and oxygen atoms in total. The van der Waals surface area contributed by atoms with Crippen LogP contribution >= 0.6 is 22.6 Å². The van der Waals surface area contributed by atoms with Gasteiger partial charge < -0.3 is 15.2 Å². The number of rotatable bonds is 3. The zero-order chi connectivity index (χ0) is 16.4. The number of fused-ring (bicyclic) bond motifs is 1. The predicted molar refractivity (Wildman–Crippen MR) is 85.7 cm³/mol. The molecule has 0 fully saturated rings. The first-order valence-corrected chi connectivity index (χ1v) is 7.17. The van der Waals surface area contributed by atoms with Gasteiger partial charge in [0.15, 0.2) is 0 Å². The SMILES string of the molecule is COC(=O)CNC(=O)c1c(O)c2cc(I)cnc2n(C)c1=O. The van der Waals surface area contributed by atoms with Gasteiger partial charge in [-0.1, -0.05) is 0 Å². The third-order valence-electron chi connectivity index (χ3n) is 3.01. The van der Waals surface area contributed by atoms with Gasteiger partial charge in [-0.2, -0.15) is 0 Å². The Kier molecular flexibility index (Phi) is 4.64. The maximum absolute atomic E-state index is 12.2. The van der Waals surface area contributed by atoms with Crippen LogP contribution < -0.4 is 10.9 Å². The van der Waals surface area contributed by atoms with Gasteiger partial charge in [-0.25, -0.2) is 4.98 Å². The van der Waals surface area contributed by atoms with Crippen LogP contribution in [0.4, 0.5) is 0 Å². The predicted octanol–water partition coefficient (Wildman–Crippen LogP) is 0.146. The van der Waals surface area contributed by atoms with Crippen LogP contribution in [0.15, 0.2) is 17.1 Å². The first-order valence-electron chi connectivity index (χ1n) is 6.09. The van der Waals surface area contributed by atoms with Gasteiger partial charge in [-0.05, 0) is 28.7 Å². The highest BCUT2D eigenvalue weighted by Crippen LogP contribution is 2.25. The number of hydrogen-bond donors (Lipinski definition) is 2. The molecule has 0 aliphatic carbocycles. The molecule has 2 aromatic heterocycles. The van der Waals surface area contributed by atoms with Gasteiger partial charge >= 0.3 is 5.97 Å². The van der Waals surface area contributed by atoms with E-state index in [0.717, 1.165) is 8.14 Å². The van der Waals surface area contributed by atoms with Gasteiger partial charge in [0, 0.05) is 16.8 Å². The third kappa shape index (κ3) is 2.89. The molecule has 9 heteroatoms. The highest BCUT2D eigenvalue weighted by molar-refractivity contribution is 14.1. The van der Waals surface area contributed by atoms with Crippen molar-refractivity contribution in [2.75, 3.05) is 13.7 Å². The van der Waals surface area contributed by atoms with Crippen LogP contribution in [0, 0.1) is 3.57 Å². The third-order valence-corrected chi connectivity index (χ3v) is 3.60. The number of nitrogens with zero attached hydrogens (tertiary/aromatic N) is 2. The number of carbonyl (C=O) groups is 2. The summed E-state index contributed by atoms with van der Waals surface area (Å²) in [7, 11) is 2.62. The first kappa shape index (κ1) is 16.2. The number of esters is 1. The second-order valence-corrected chi connectivity index (χ2v) is 5.62. The van der Waals surface area contributed by atoms with Crippen LogP contribution in [-0.4, -0.2) is 40.2 Å². The van der Waals surface area contributed by atoms with Crippen molar-refractivity contribution >= 4 is 45.5 Å². The number of aryl methyl sites for hydroxylation is 1. The van der Waals surface area contributed by atoms with Gasteiger partial charge in [0.1, 0.15) is 23.5 Å². The molecule has 2 rings (SSSR count). The molecule has 1 amide bonds. The van der Waals surface area contributed by atoms with Crippen LogP contribution in [0.25, 0.3) is 11.0 Å². The lowest BCUT2D eigenvalue weighted by molar-refractivity contribution is -0.139. The van der Waals surface area contributed by atoms with Gasteiger partial charge in [-0.3, -0.25) is 19.0 Å². The van der Waals surface area contributed by atoms with E-state index in [-0.39, 0.29) is 11.0 Å². The Hall–Kier alpha value is -2.17. The molecule has 0 spiro atoms. The number of methoxy groups -OCH3 is 1. The van der Waals surface area contributed by atoms with E-state index in [1.165, 1.54) is 14.2 Å². The van der Waals surface area contributed by atoms with Crippen molar-refractivity contribution in [2.24, 2.45) is 7.05 Å². The molecular formula is C13H12IN3O5. The average Bonchev–Trinajstić information content (AvgIpc) is 2.50. The quantitative estimate of drug-likeness (QED) is 0.544. The number of pyridine rings is 2. The molecule has 2 N–H and O–H groups in total. The number of aromatic nitrogens is 2. The molecule has 22 heavy (non-hydrogen) atoms. The van der Waals surface area contributed by atoms with Crippen molar-refractivity contribution in [3.05, 3.63) is 31.8 Å². The van der Waals surface area contributed by atoms with E-state index in [9.17, 15) is 19.5 Å². The van der Waals surface area contributed by atoms with Gasteiger partial charge in [0.25, 0.3) is 11.5 Å². The summed E-state index contributed by atoms with van der Waals surface area (Å²) in [6.07, 6.45) is 1.54. The Bertz CT molecular complexity index is 831. The Morgan fingerprint density at radius 1 is 1.50 bits per heavy atom. The molecule has 0 aliphatic rings. The van der Waals surface area contributed by atoms with Crippen molar-refractivity contribution in [1.82, 2.24) is 14.9 Å². The van der Waals surface area contributed by atoms with Crippen molar-refractivity contribution in [1.29, 1.82) is 0 Å². The topological polar surface area (TPSA) is 111 Å². The molecule has 0 saturated heterocycles. The molecular weight excluding hydrogens is 405 g/mol. The largest absolute Gasteiger partial charge is 0.506 e. The van der Waals surface area contributed by atoms with E-state index in [0.29, 0.717) is 0 Å². The Morgan fingerprint density at radius 2 is 2.18 bits per heavy atom. The summed E-state index contributed by atoms with van der Waals surface area (Å²) in [4.78, 5) is 39.4. The molecule has 0 bridgehead atoms. The zero-order valence-corrected chi connectivity index (χ0v) is 13.9. The molecule has 0 aromatic carbocycles. The fraction of sp³-hybridized carbons (Fsp3) is 0.231. The summed E-state index contributed by atoms with van der Waals surface area (Å²) < 4.78 is 6.30. The van der Waals surface area contributed by atoms with Gasteiger partial charge in [0.2, 0.25) is 0 Å². The smallest absolute Gasteiger partial charge is 0.325 e. The van der Waals surface area contributed by atoms with E-state index in [4.69, 9.17) is 0 Å². The summed E-state index contributed by atoms with van der Waals surface area (Å²) >= 11 is 2.00. The first-order chi connectivity index (χ1) is 10.4. The number of amides is 1. The highest BCUT2D eigenvalue weighted by atomic mass is 127. The lowest BCUT2D eigenvalue weighted by Gasteiger charge is -2.11. The summed E-state index contributed by atoms with van der Waals surface area (Å²) in [6.45, 7) is -0.402. The van der Waals surface area contributed by atoms with E-state index in [1.54, 1.807) is 12.3 Å². The minimum absolute atomic E-state index is 0.257. The molecule has 0 atom stereocenters.